The van der Waals surface area contributed by atoms with E-state index < -0.39 is 29.6 Å². The summed E-state index contributed by atoms with van der Waals surface area (Å²) in [5.41, 5.74) is -1.37. The predicted molar refractivity (Wildman–Crippen MR) is 115 cm³/mol. The second-order valence-electron chi connectivity index (χ2n) is 8.90. The molecule has 1 amide bonds. The quantitative estimate of drug-likeness (QED) is 0.636. The largest absolute Gasteiger partial charge is 0.497 e. The third-order valence-corrected chi connectivity index (χ3v) is 4.90. The molecule has 168 valence electrons. The van der Waals surface area contributed by atoms with Crippen LogP contribution in [0.3, 0.4) is 0 Å². The molecular formula is C23H35NO6. The van der Waals surface area contributed by atoms with E-state index in [9.17, 15) is 9.90 Å². The summed E-state index contributed by atoms with van der Waals surface area (Å²) in [5, 5.41) is 10.7. The van der Waals surface area contributed by atoms with E-state index in [1.54, 1.807) is 42.4 Å². The smallest absolute Gasteiger partial charge is 0.412 e. The third kappa shape index (κ3) is 6.37. The Kier molecular flexibility index (Phi) is 7.77. The average Bonchev–Trinajstić information content (AvgIpc) is 2.97. The lowest BCUT2D eigenvalue weighted by molar-refractivity contribution is -0.0632. The number of carbonyl (C=O) groups is 1. The molecule has 0 radical (unpaired) electrons. The van der Waals surface area contributed by atoms with E-state index in [1.807, 2.05) is 34.6 Å². The molecule has 0 bridgehead atoms. The van der Waals surface area contributed by atoms with E-state index in [2.05, 4.69) is 6.58 Å². The molecule has 1 heterocycles. The summed E-state index contributed by atoms with van der Waals surface area (Å²) in [6.07, 6.45) is 0.753. The highest BCUT2D eigenvalue weighted by molar-refractivity contribution is 5.69. The topological polar surface area (TPSA) is 77.5 Å². The minimum absolute atomic E-state index is 0.198. The number of hydrogen-bond donors (Lipinski definition) is 1. The molecule has 0 saturated carbocycles. The van der Waals surface area contributed by atoms with Crippen LogP contribution in [-0.2, 0) is 9.47 Å². The third-order valence-electron chi connectivity index (χ3n) is 4.90. The second-order valence-corrected chi connectivity index (χ2v) is 8.90. The van der Waals surface area contributed by atoms with Gasteiger partial charge in [-0.15, -0.1) is 0 Å². The first-order chi connectivity index (χ1) is 14.0. The molecule has 1 aromatic carbocycles. The minimum Gasteiger partial charge on any atom is -0.497 e. The molecule has 2 rings (SSSR count). The number of rotatable bonds is 8. The number of benzene rings is 1. The summed E-state index contributed by atoms with van der Waals surface area (Å²) in [7, 11) is 1.60. The molecule has 1 saturated heterocycles. The number of carbonyl (C=O) groups excluding carboxylic acids is 1. The SMILES string of the molecule is C=C[C@H](Oc1ccc(OC)cc1)[C@H](O)CC[C@H]1COC(C)(C)N1C(=O)OC(C)(C)C. The lowest BCUT2D eigenvalue weighted by atomic mass is 10.0. The molecule has 1 aliphatic heterocycles. The highest BCUT2D eigenvalue weighted by Crippen LogP contribution is 2.32. The Balaban J connectivity index is 1.98. The van der Waals surface area contributed by atoms with Gasteiger partial charge in [-0.05, 0) is 77.8 Å². The summed E-state index contributed by atoms with van der Waals surface area (Å²) in [6.45, 7) is 13.3. The van der Waals surface area contributed by atoms with E-state index in [4.69, 9.17) is 18.9 Å². The first-order valence-corrected chi connectivity index (χ1v) is 10.2. The number of methoxy groups -OCH3 is 1. The van der Waals surface area contributed by atoms with Gasteiger partial charge in [-0.2, -0.15) is 0 Å². The predicted octanol–water partition coefficient (Wildman–Crippen LogP) is 4.14. The van der Waals surface area contributed by atoms with Crippen molar-refractivity contribution in [2.75, 3.05) is 13.7 Å². The molecule has 1 N–H and O–H groups in total. The van der Waals surface area contributed by atoms with Gasteiger partial charge in [0, 0.05) is 0 Å². The summed E-state index contributed by atoms with van der Waals surface area (Å²) in [4.78, 5) is 14.3. The summed E-state index contributed by atoms with van der Waals surface area (Å²) in [6, 6.07) is 6.94. The van der Waals surface area contributed by atoms with Gasteiger partial charge in [0.1, 0.15) is 28.9 Å². The van der Waals surface area contributed by atoms with Gasteiger partial charge in [0.2, 0.25) is 0 Å². The van der Waals surface area contributed by atoms with Crippen molar-refractivity contribution in [1.82, 2.24) is 4.90 Å². The first-order valence-electron chi connectivity index (χ1n) is 10.2. The zero-order valence-corrected chi connectivity index (χ0v) is 18.9. The van der Waals surface area contributed by atoms with Crippen molar-refractivity contribution < 1.29 is 28.8 Å². The van der Waals surface area contributed by atoms with Crippen LogP contribution in [0.2, 0.25) is 0 Å². The molecule has 0 aliphatic carbocycles. The Morgan fingerprint density at radius 2 is 1.93 bits per heavy atom. The van der Waals surface area contributed by atoms with E-state index in [0.717, 1.165) is 5.75 Å². The Hall–Kier alpha value is -2.25. The lowest BCUT2D eigenvalue weighted by Crippen LogP contribution is -2.50. The number of nitrogens with zero attached hydrogens (tertiary/aromatic N) is 1. The van der Waals surface area contributed by atoms with Gasteiger partial charge in [-0.1, -0.05) is 6.58 Å². The summed E-state index contributed by atoms with van der Waals surface area (Å²) >= 11 is 0. The molecule has 1 aromatic rings. The molecule has 7 nitrogen and oxygen atoms in total. The molecule has 1 fully saturated rings. The van der Waals surface area contributed by atoms with Crippen molar-refractivity contribution in [3.05, 3.63) is 36.9 Å². The van der Waals surface area contributed by atoms with E-state index in [0.29, 0.717) is 25.2 Å². The van der Waals surface area contributed by atoms with Crippen LogP contribution in [0.4, 0.5) is 4.79 Å². The fourth-order valence-corrected chi connectivity index (χ4v) is 3.40. The van der Waals surface area contributed by atoms with Gasteiger partial charge in [0.15, 0.2) is 0 Å². The van der Waals surface area contributed by atoms with Crippen molar-refractivity contribution in [1.29, 1.82) is 0 Å². The van der Waals surface area contributed by atoms with Crippen LogP contribution in [0.5, 0.6) is 11.5 Å². The number of ether oxygens (including phenoxy) is 4. The normalized spacial score (nSPS) is 20.4. The molecule has 0 spiro atoms. The molecule has 7 heteroatoms. The molecule has 0 aromatic heterocycles. The van der Waals surface area contributed by atoms with Crippen LogP contribution in [-0.4, -0.2) is 59.4 Å². The van der Waals surface area contributed by atoms with E-state index >= 15 is 0 Å². The number of hydrogen-bond acceptors (Lipinski definition) is 6. The Morgan fingerprint density at radius 1 is 1.33 bits per heavy atom. The van der Waals surface area contributed by atoms with Crippen molar-refractivity contribution in [2.45, 2.75) is 77.0 Å². The van der Waals surface area contributed by atoms with Crippen molar-refractivity contribution in [3.63, 3.8) is 0 Å². The highest BCUT2D eigenvalue weighted by Gasteiger charge is 2.45. The molecule has 1 aliphatic rings. The minimum atomic E-state index is -0.784. The number of amides is 1. The molecule has 0 unspecified atom stereocenters. The molecular weight excluding hydrogens is 386 g/mol. The van der Waals surface area contributed by atoms with Crippen molar-refractivity contribution in [3.8, 4) is 11.5 Å². The maximum atomic E-state index is 12.7. The molecule has 3 atom stereocenters. The van der Waals surface area contributed by atoms with Gasteiger partial charge < -0.3 is 24.1 Å². The van der Waals surface area contributed by atoms with Crippen molar-refractivity contribution in [2.24, 2.45) is 0 Å². The van der Waals surface area contributed by atoms with Crippen molar-refractivity contribution >= 4 is 6.09 Å². The van der Waals surface area contributed by atoms with Crippen LogP contribution < -0.4 is 9.47 Å². The Bertz CT molecular complexity index is 709. The van der Waals surface area contributed by atoms with Gasteiger partial charge in [-0.3, -0.25) is 4.90 Å². The summed E-state index contributed by atoms with van der Waals surface area (Å²) < 4.78 is 22.4. The number of aliphatic hydroxyl groups excluding tert-OH is 1. The van der Waals surface area contributed by atoms with E-state index in [-0.39, 0.29) is 6.04 Å². The van der Waals surface area contributed by atoms with Crippen LogP contribution in [0.1, 0.15) is 47.5 Å². The Morgan fingerprint density at radius 3 is 2.47 bits per heavy atom. The van der Waals surface area contributed by atoms with Crippen LogP contribution in [0, 0.1) is 0 Å². The Labute approximate surface area is 179 Å². The monoisotopic (exact) mass is 421 g/mol. The summed E-state index contributed by atoms with van der Waals surface area (Å²) in [5.74, 6) is 1.34. The van der Waals surface area contributed by atoms with Gasteiger partial charge in [0.25, 0.3) is 0 Å². The standard InChI is InChI=1S/C23H35NO6/c1-8-20(29-18-12-10-17(27-7)11-13-18)19(25)14-9-16-15-28-23(5,6)24(16)21(26)30-22(2,3)4/h8,10-13,16,19-20,25H,1,9,14-15H2,2-7H3/t16-,19+,20-/m0/s1. The van der Waals surface area contributed by atoms with Gasteiger partial charge in [-0.25, -0.2) is 4.79 Å². The first kappa shape index (κ1) is 24.0. The van der Waals surface area contributed by atoms with E-state index in [1.165, 1.54) is 0 Å². The average molecular weight is 422 g/mol. The second kappa shape index (κ2) is 9.71. The fraction of sp³-hybridized carbons (Fsp3) is 0.609. The highest BCUT2D eigenvalue weighted by atomic mass is 16.6. The van der Waals surface area contributed by atoms with Gasteiger partial charge >= 0.3 is 6.09 Å². The fourth-order valence-electron chi connectivity index (χ4n) is 3.40. The van der Waals surface area contributed by atoms with Gasteiger partial charge in [0.05, 0.1) is 25.9 Å². The molecule has 30 heavy (non-hydrogen) atoms. The van der Waals surface area contributed by atoms with Crippen LogP contribution >= 0.6 is 0 Å². The lowest BCUT2D eigenvalue weighted by Gasteiger charge is -2.35. The zero-order chi connectivity index (χ0) is 22.5. The van der Waals surface area contributed by atoms with Crippen LogP contribution in [0.15, 0.2) is 36.9 Å². The number of aliphatic hydroxyl groups is 1. The van der Waals surface area contributed by atoms with Crippen LogP contribution in [0.25, 0.3) is 0 Å². The maximum absolute atomic E-state index is 12.7. The maximum Gasteiger partial charge on any atom is 0.412 e. The zero-order valence-electron chi connectivity index (χ0n) is 18.9.